The van der Waals surface area contributed by atoms with Crippen LogP contribution in [-0.4, -0.2) is 6.54 Å². The minimum Gasteiger partial charge on any atom is -0.367 e. The van der Waals surface area contributed by atoms with Crippen LogP contribution in [0.4, 0.5) is 5.69 Å². The number of anilines is 1. The number of hydrogen-bond acceptors (Lipinski definition) is 1. The van der Waals surface area contributed by atoms with Crippen LogP contribution >= 0.6 is 0 Å². The molecule has 0 saturated carbocycles. The van der Waals surface area contributed by atoms with Crippen LogP contribution in [0.1, 0.15) is 23.1 Å². The molecule has 0 spiro atoms. The van der Waals surface area contributed by atoms with Gasteiger partial charge in [0.2, 0.25) is 0 Å². The van der Waals surface area contributed by atoms with E-state index in [4.69, 9.17) is 0 Å². The first-order valence-corrected chi connectivity index (χ1v) is 8.13. The summed E-state index contributed by atoms with van der Waals surface area (Å²) in [7, 11) is 0. The van der Waals surface area contributed by atoms with Gasteiger partial charge in [-0.2, -0.15) is 0 Å². The maximum absolute atomic E-state index is 2.55. The van der Waals surface area contributed by atoms with E-state index in [-0.39, 0.29) is 0 Å². The molecule has 0 atom stereocenters. The Morgan fingerprint density at radius 3 is 2.68 bits per heavy atom. The fourth-order valence-electron chi connectivity index (χ4n) is 3.62. The Balaban J connectivity index is 1.78. The first-order valence-electron chi connectivity index (χ1n) is 8.13. The van der Waals surface area contributed by atoms with Crippen molar-refractivity contribution < 1.29 is 0 Å². The lowest BCUT2D eigenvalue weighted by molar-refractivity contribution is 0.691. The molecule has 4 rings (SSSR count). The van der Waals surface area contributed by atoms with Gasteiger partial charge < -0.3 is 4.90 Å². The SMILES string of the molecule is Cc1ccc2ccccc2c1CN1CCCc2ccccc21. The zero-order valence-electron chi connectivity index (χ0n) is 13.0. The maximum Gasteiger partial charge on any atom is 0.0438 e. The quantitative estimate of drug-likeness (QED) is 0.633. The number of fused-ring (bicyclic) bond motifs is 2. The predicted molar refractivity (Wildman–Crippen MR) is 94.5 cm³/mol. The first kappa shape index (κ1) is 13.4. The van der Waals surface area contributed by atoms with E-state index < -0.39 is 0 Å². The van der Waals surface area contributed by atoms with Crippen LogP contribution in [0.3, 0.4) is 0 Å². The first-order chi connectivity index (χ1) is 10.8. The van der Waals surface area contributed by atoms with Gasteiger partial charge >= 0.3 is 0 Å². The summed E-state index contributed by atoms with van der Waals surface area (Å²) in [5, 5.41) is 2.74. The Morgan fingerprint density at radius 2 is 1.73 bits per heavy atom. The summed E-state index contributed by atoms with van der Waals surface area (Å²) >= 11 is 0. The van der Waals surface area contributed by atoms with Gasteiger partial charge in [-0.15, -0.1) is 0 Å². The van der Waals surface area contributed by atoms with Crippen LogP contribution in [0.2, 0.25) is 0 Å². The summed E-state index contributed by atoms with van der Waals surface area (Å²) in [6, 6.07) is 22.1. The minimum absolute atomic E-state index is 1.00. The highest BCUT2D eigenvalue weighted by molar-refractivity contribution is 5.87. The standard InChI is InChI=1S/C21H21N/c1-16-12-13-17-7-2-4-10-19(17)20(16)15-22-14-6-9-18-8-3-5-11-21(18)22/h2-5,7-8,10-13H,6,9,14-15H2,1H3. The average Bonchev–Trinajstić information content (AvgIpc) is 2.58. The van der Waals surface area contributed by atoms with Gasteiger partial charge in [-0.05, 0) is 53.3 Å². The highest BCUT2D eigenvalue weighted by atomic mass is 15.1. The lowest BCUT2D eigenvalue weighted by Crippen LogP contribution is -2.29. The van der Waals surface area contributed by atoms with Crippen molar-refractivity contribution in [1.82, 2.24) is 0 Å². The van der Waals surface area contributed by atoms with Gasteiger partial charge in [-0.3, -0.25) is 0 Å². The van der Waals surface area contributed by atoms with E-state index in [2.05, 4.69) is 72.5 Å². The predicted octanol–water partition coefficient (Wildman–Crippen LogP) is 5.10. The van der Waals surface area contributed by atoms with E-state index in [1.807, 2.05) is 0 Å². The Kier molecular flexibility index (Phi) is 3.34. The molecule has 3 aromatic rings. The molecule has 1 nitrogen and oxygen atoms in total. The Labute approximate surface area is 132 Å². The highest BCUT2D eigenvalue weighted by Gasteiger charge is 2.17. The van der Waals surface area contributed by atoms with Gasteiger partial charge in [-0.25, -0.2) is 0 Å². The number of hydrogen-bond donors (Lipinski definition) is 0. The van der Waals surface area contributed by atoms with E-state index >= 15 is 0 Å². The third-order valence-corrected chi connectivity index (χ3v) is 4.83. The molecule has 0 aliphatic carbocycles. The summed E-state index contributed by atoms with van der Waals surface area (Å²) in [5.41, 5.74) is 5.77. The fraction of sp³-hybridized carbons (Fsp3) is 0.238. The van der Waals surface area contributed by atoms with Gasteiger partial charge in [0.15, 0.2) is 0 Å². The second kappa shape index (κ2) is 5.49. The zero-order valence-corrected chi connectivity index (χ0v) is 13.0. The Hall–Kier alpha value is -2.28. The molecule has 22 heavy (non-hydrogen) atoms. The molecule has 0 bridgehead atoms. The molecule has 0 aromatic heterocycles. The molecule has 1 heteroatoms. The van der Waals surface area contributed by atoms with E-state index in [9.17, 15) is 0 Å². The molecule has 110 valence electrons. The van der Waals surface area contributed by atoms with Crippen molar-refractivity contribution in [3.8, 4) is 0 Å². The zero-order chi connectivity index (χ0) is 14.9. The highest BCUT2D eigenvalue weighted by Crippen LogP contribution is 2.30. The van der Waals surface area contributed by atoms with Crippen LogP contribution in [0.15, 0.2) is 60.7 Å². The van der Waals surface area contributed by atoms with Gasteiger partial charge in [0.05, 0.1) is 0 Å². The van der Waals surface area contributed by atoms with Crippen molar-refractivity contribution in [2.75, 3.05) is 11.4 Å². The molecular weight excluding hydrogens is 266 g/mol. The molecule has 3 aromatic carbocycles. The normalized spacial score (nSPS) is 14.1. The van der Waals surface area contributed by atoms with Crippen molar-refractivity contribution >= 4 is 16.5 Å². The Morgan fingerprint density at radius 1 is 0.909 bits per heavy atom. The second-order valence-electron chi connectivity index (χ2n) is 6.24. The summed E-state index contributed by atoms with van der Waals surface area (Å²) in [5.74, 6) is 0. The lowest BCUT2D eigenvalue weighted by Gasteiger charge is -2.32. The van der Waals surface area contributed by atoms with Crippen LogP contribution in [-0.2, 0) is 13.0 Å². The van der Waals surface area contributed by atoms with Gasteiger partial charge in [0, 0.05) is 18.8 Å². The molecule has 0 N–H and O–H groups in total. The molecular formula is C21H21N. The number of benzene rings is 3. The fourth-order valence-corrected chi connectivity index (χ4v) is 3.62. The number of aryl methyl sites for hydroxylation is 2. The largest absolute Gasteiger partial charge is 0.367 e. The molecule has 0 saturated heterocycles. The number of para-hydroxylation sites is 1. The van der Waals surface area contributed by atoms with Crippen molar-refractivity contribution in [2.24, 2.45) is 0 Å². The maximum atomic E-state index is 2.55. The van der Waals surface area contributed by atoms with Gasteiger partial charge in [0.1, 0.15) is 0 Å². The Bertz CT molecular complexity index is 819. The molecule has 1 aliphatic rings. The van der Waals surface area contributed by atoms with Crippen molar-refractivity contribution in [3.05, 3.63) is 77.4 Å². The van der Waals surface area contributed by atoms with Crippen molar-refractivity contribution in [3.63, 3.8) is 0 Å². The summed E-state index contributed by atoms with van der Waals surface area (Å²) in [6.07, 6.45) is 2.46. The van der Waals surface area contributed by atoms with Crippen LogP contribution in [0.25, 0.3) is 10.8 Å². The minimum atomic E-state index is 1.00. The smallest absolute Gasteiger partial charge is 0.0438 e. The summed E-state index contributed by atoms with van der Waals surface area (Å²) in [4.78, 5) is 2.55. The molecule has 1 aliphatic heterocycles. The molecule has 0 radical (unpaired) electrons. The van der Waals surface area contributed by atoms with E-state index in [1.165, 1.54) is 46.0 Å². The van der Waals surface area contributed by atoms with Crippen LogP contribution in [0.5, 0.6) is 0 Å². The number of nitrogens with zero attached hydrogens (tertiary/aromatic N) is 1. The van der Waals surface area contributed by atoms with E-state index in [1.54, 1.807) is 0 Å². The molecule has 0 amide bonds. The van der Waals surface area contributed by atoms with E-state index in [0.29, 0.717) is 0 Å². The number of rotatable bonds is 2. The second-order valence-corrected chi connectivity index (χ2v) is 6.24. The van der Waals surface area contributed by atoms with Crippen LogP contribution < -0.4 is 4.90 Å². The van der Waals surface area contributed by atoms with Gasteiger partial charge in [0.25, 0.3) is 0 Å². The van der Waals surface area contributed by atoms with E-state index in [0.717, 1.165) is 13.1 Å². The summed E-state index contributed by atoms with van der Waals surface area (Å²) < 4.78 is 0. The third-order valence-electron chi connectivity index (χ3n) is 4.83. The third kappa shape index (κ3) is 2.27. The van der Waals surface area contributed by atoms with Crippen molar-refractivity contribution in [2.45, 2.75) is 26.3 Å². The van der Waals surface area contributed by atoms with Crippen molar-refractivity contribution in [1.29, 1.82) is 0 Å². The molecule has 0 fully saturated rings. The molecule has 0 unspecified atom stereocenters. The van der Waals surface area contributed by atoms with Crippen LogP contribution in [0, 0.1) is 6.92 Å². The average molecular weight is 287 g/mol. The monoisotopic (exact) mass is 287 g/mol. The summed E-state index contributed by atoms with van der Waals surface area (Å²) in [6.45, 7) is 4.39. The molecule has 1 heterocycles. The van der Waals surface area contributed by atoms with Gasteiger partial charge in [-0.1, -0.05) is 54.6 Å². The topological polar surface area (TPSA) is 3.24 Å². The lowest BCUT2D eigenvalue weighted by atomic mass is 9.97.